The molecule has 0 aliphatic carbocycles. The number of rotatable bonds is 6. The molecular formula is C20H21NO4. The van der Waals surface area contributed by atoms with Gasteiger partial charge in [0.1, 0.15) is 11.5 Å². The molecule has 2 aromatic rings. The van der Waals surface area contributed by atoms with Gasteiger partial charge in [-0.15, -0.1) is 0 Å². The lowest BCUT2D eigenvalue weighted by Gasteiger charge is -2.26. The van der Waals surface area contributed by atoms with Crippen molar-refractivity contribution in [3.05, 3.63) is 59.7 Å². The predicted octanol–water partition coefficient (Wildman–Crippen LogP) is 3.30. The third-order valence-corrected chi connectivity index (χ3v) is 4.28. The largest absolute Gasteiger partial charge is 0.496 e. The molecular weight excluding hydrogens is 318 g/mol. The van der Waals surface area contributed by atoms with E-state index in [2.05, 4.69) is 5.32 Å². The molecule has 2 aromatic carbocycles. The van der Waals surface area contributed by atoms with Crippen molar-refractivity contribution < 1.29 is 19.1 Å². The second kappa shape index (κ2) is 7.83. The maximum atomic E-state index is 12.3. The third-order valence-electron chi connectivity index (χ3n) is 4.28. The number of hydrogen-bond donors (Lipinski definition) is 1. The summed E-state index contributed by atoms with van der Waals surface area (Å²) < 4.78 is 10.8. The normalized spacial score (nSPS) is 15.6. The smallest absolute Gasteiger partial charge is 0.220 e. The molecule has 0 spiro atoms. The van der Waals surface area contributed by atoms with E-state index in [0.29, 0.717) is 17.9 Å². The number of Topliss-reactive ketones (excluding diaryl/α,β-unsaturated/α-hetero) is 1. The first kappa shape index (κ1) is 17.0. The Morgan fingerprint density at radius 3 is 2.72 bits per heavy atom. The molecule has 1 N–H and O–H groups in total. The Bertz CT molecular complexity index is 772. The molecule has 0 fully saturated rings. The van der Waals surface area contributed by atoms with E-state index >= 15 is 0 Å². The number of ketones is 1. The van der Waals surface area contributed by atoms with Crippen LogP contribution in [0.5, 0.6) is 11.5 Å². The summed E-state index contributed by atoms with van der Waals surface area (Å²) in [5.41, 5.74) is 1.49. The number of methoxy groups -OCH3 is 1. The lowest BCUT2D eigenvalue weighted by atomic mass is 10.00. The van der Waals surface area contributed by atoms with Gasteiger partial charge in [-0.1, -0.05) is 30.3 Å². The van der Waals surface area contributed by atoms with Crippen molar-refractivity contribution in [2.45, 2.75) is 25.3 Å². The molecule has 25 heavy (non-hydrogen) atoms. The van der Waals surface area contributed by atoms with Gasteiger partial charge in [0.15, 0.2) is 5.78 Å². The molecule has 0 saturated heterocycles. The zero-order chi connectivity index (χ0) is 17.6. The number of para-hydroxylation sites is 2. The number of nitrogens with one attached hydrogen (secondary N) is 1. The van der Waals surface area contributed by atoms with Gasteiger partial charge < -0.3 is 14.8 Å². The number of amides is 1. The highest BCUT2D eigenvalue weighted by molar-refractivity contribution is 6.00. The molecule has 1 heterocycles. The van der Waals surface area contributed by atoms with Crippen LogP contribution in [-0.2, 0) is 4.79 Å². The Morgan fingerprint density at radius 1 is 1.12 bits per heavy atom. The van der Waals surface area contributed by atoms with E-state index in [-0.39, 0.29) is 30.6 Å². The summed E-state index contributed by atoms with van der Waals surface area (Å²) >= 11 is 0. The Balaban J connectivity index is 1.58. The van der Waals surface area contributed by atoms with Crippen molar-refractivity contribution in [2.24, 2.45) is 0 Å². The second-order valence-electron chi connectivity index (χ2n) is 5.92. The summed E-state index contributed by atoms with van der Waals surface area (Å²) in [5.74, 6) is 1.11. The third kappa shape index (κ3) is 3.99. The summed E-state index contributed by atoms with van der Waals surface area (Å²) in [4.78, 5) is 24.6. The number of fused-ring (bicyclic) bond motifs is 1. The molecule has 1 unspecified atom stereocenters. The van der Waals surface area contributed by atoms with E-state index in [0.717, 1.165) is 17.7 Å². The average Bonchev–Trinajstić information content (AvgIpc) is 2.66. The molecule has 1 aliphatic heterocycles. The minimum absolute atomic E-state index is 0.0705. The number of benzene rings is 2. The lowest BCUT2D eigenvalue weighted by molar-refractivity contribution is -0.122. The summed E-state index contributed by atoms with van der Waals surface area (Å²) in [5, 5.41) is 3.01. The topological polar surface area (TPSA) is 64.6 Å². The molecule has 0 saturated carbocycles. The summed E-state index contributed by atoms with van der Waals surface area (Å²) in [6.07, 6.45) is 1.02. The van der Waals surface area contributed by atoms with Crippen LogP contribution in [0.1, 0.15) is 41.2 Å². The van der Waals surface area contributed by atoms with Crippen LogP contribution in [0.4, 0.5) is 0 Å². The van der Waals surface area contributed by atoms with Gasteiger partial charge in [0, 0.05) is 24.8 Å². The number of carbonyl (C=O) groups excluding carboxylic acids is 2. The van der Waals surface area contributed by atoms with Crippen LogP contribution in [0.25, 0.3) is 0 Å². The minimum Gasteiger partial charge on any atom is -0.496 e. The maximum absolute atomic E-state index is 12.3. The van der Waals surface area contributed by atoms with Crippen molar-refractivity contribution in [2.75, 3.05) is 13.7 Å². The lowest BCUT2D eigenvalue weighted by Crippen LogP contribution is -2.32. The molecule has 5 heteroatoms. The average molecular weight is 339 g/mol. The Labute approximate surface area is 147 Å². The van der Waals surface area contributed by atoms with Crippen LogP contribution in [0.3, 0.4) is 0 Å². The van der Waals surface area contributed by atoms with E-state index in [1.165, 1.54) is 7.11 Å². The zero-order valence-corrected chi connectivity index (χ0v) is 14.2. The highest BCUT2D eigenvalue weighted by Crippen LogP contribution is 2.31. The predicted molar refractivity (Wildman–Crippen MR) is 94.0 cm³/mol. The van der Waals surface area contributed by atoms with Crippen molar-refractivity contribution in [1.29, 1.82) is 0 Å². The first-order valence-electron chi connectivity index (χ1n) is 8.36. The monoisotopic (exact) mass is 339 g/mol. The van der Waals surface area contributed by atoms with Crippen molar-refractivity contribution in [3.63, 3.8) is 0 Å². The van der Waals surface area contributed by atoms with Crippen molar-refractivity contribution >= 4 is 11.7 Å². The van der Waals surface area contributed by atoms with E-state index in [1.54, 1.807) is 18.2 Å². The van der Waals surface area contributed by atoms with Crippen LogP contribution in [-0.4, -0.2) is 25.4 Å². The fourth-order valence-electron chi connectivity index (χ4n) is 3.00. The van der Waals surface area contributed by atoms with Crippen LogP contribution in [0, 0.1) is 0 Å². The number of hydrogen-bond acceptors (Lipinski definition) is 4. The van der Waals surface area contributed by atoms with Crippen LogP contribution in [0.2, 0.25) is 0 Å². The maximum Gasteiger partial charge on any atom is 0.220 e. The van der Waals surface area contributed by atoms with Gasteiger partial charge in [-0.25, -0.2) is 0 Å². The Morgan fingerprint density at radius 2 is 1.88 bits per heavy atom. The molecule has 0 bridgehead atoms. The van der Waals surface area contributed by atoms with Crippen molar-refractivity contribution in [3.8, 4) is 11.5 Å². The minimum atomic E-state index is -0.134. The zero-order valence-electron chi connectivity index (χ0n) is 14.2. The molecule has 5 nitrogen and oxygen atoms in total. The van der Waals surface area contributed by atoms with Gasteiger partial charge >= 0.3 is 0 Å². The van der Waals surface area contributed by atoms with E-state index in [4.69, 9.17) is 9.47 Å². The Kier molecular flexibility index (Phi) is 5.33. The van der Waals surface area contributed by atoms with E-state index in [9.17, 15) is 9.59 Å². The molecule has 1 aliphatic rings. The summed E-state index contributed by atoms with van der Waals surface area (Å²) in [6.45, 7) is 0.572. The van der Waals surface area contributed by atoms with Crippen LogP contribution < -0.4 is 14.8 Å². The molecule has 0 aromatic heterocycles. The number of ether oxygens (including phenoxy) is 2. The Hall–Kier alpha value is -2.82. The van der Waals surface area contributed by atoms with Gasteiger partial charge in [0.25, 0.3) is 0 Å². The first-order valence-corrected chi connectivity index (χ1v) is 8.36. The molecule has 3 rings (SSSR count). The standard InChI is InChI=1S/C20H21NO4/c1-24-18-8-4-3-7-15(18)17(22)10-11-20(23)21-16-12-13-25-19-9-5-2-6-14(16)19/h2-9,16H,10-13H2,1H3,(H,21,23). The van der Waals surface area contributed by atoms with Gasteiger partial charge in [-0.3, -0.25) is 9.59 Å². The fourth-order valence-corrected chi connectivity index (χ4v) is 3.00. The van der Waals surface area contributed by atoms with E-state index < -0.39 is 0 Å². The van der Waals surface area contributed by atoms with Crippen molar-refractivity contribution in [1.82, 2.24) is 5.32 Å². The molecule has 1 amide bonds. The number of carbonyl (C=O) groups is 2. The van der Waals surface area contributed by atoms with Crippen LogP contribution >= 0.6 is 0 Å². The SMILES string of the molecule is COc1ccccc1C(=O)CCC(=O)NC1CCOc2ccccc21. The van der Waals surface area contributed by atoms with Gasteiger partial charge in [-0.2, -0.15) is 0 Å². The fraction of sp³-hybridized carbons (Fsp3) is 0.300. The first-order chi connectivity index (χ1) is 12.2. The van der Waals surface area contributed by atoms with Gasteiger partial charge in [-0.05, 0) is 18.2 Å². The van der Waals surface area contributed by atoms with Gasteiger partial charge in [0.2, 0.25) is 5.91 Å². The summed E-state index contributed by atoms with van der Waals surface area (Å²) in [6, 6.07) is 14.7. The molecule has 0 radical (unpaired) electrons. The van der Waals surface area contributed by atoms with E-state index in [1.807, 2.05) is 30.3 Å². The highest BCUT2D eigenvalue weighted by atomic mass is 16.5. The highest BCUT2D eigenvalue weighted by Gasteiger charge is 2.23. The van der Waals surface area contributed by atoms with Crippen LogP contribution in [0.15, 0.2) is 48.5 Å². The second-order valence-corrected chi connectivity index (χ2v) is 5.92. The molecule has 130 valence electrons. The quantitative estimate of drug-likeness (QED) is 0.820. The summed E-state index contributed by atoms with van der Waals surface area (Å²) in [7, 11) is 1.53. The molecule has 1 atom stereocenters. The van der Waals surface area contributed by atoms with Gasteiger partial charge in [0.05, 0.1) is 25.3 Å².